The van der Waals surface area contributed by atoms with E-state index in [-0.39, 0.29) is 46.1 Å². The van der Waals surface area contributed by atoms with Gasteiger partial charge >= 0.3 is 6.43 Å². The maximum atomic E-state index is 13.6. The SMILES string of the molecule is Cc1cc(Cl)cc(C(=O)NC(C)C)c1NC(=O)c1cc(Cn2nnc(C(F)F)n2)nn1-c1ncccc1Cl. The fraction of sp³-hybridized carbons (Fsp3) is 0.261. The summed E-state index contributed by atoms with van der Waals surface area (Å²) in [7, 11) is 0. The lowest BCUT2D eigenvalue weighted by Crippen LogP contribution is -2.31. The highest BCUT2D eigenvalue weighted by atomic mass is 35.5. The average Bonchev–Trinajstić information content (AvgIpc) is 3.48. The van der Waals surface area contributed by atoms with Crippen molar-refractivity contribution in [2.45, 2.75) is 39.8 Å². The first-order chi connectivity index (χ1) is 18.0. The molecule has 0 saturated heterocycles. The minimum atomic E-state index is -2.89. The molecule has 0 saturated carbocycles. The molecule has 0 fully saturated rings. The number of pyridine rings is 1. The van der Waals surface area contributed by atoms with E-state index in [2.05, 4.69) is 36.1 Å². The molecule has 15 heteroatoms. The summed E-state index contributed by atoms with van der Waals surface area (Å²) in [4.78, 5) is 31.5. The largest absolute Gasteiger partial charge is 0.350 e. The maximum Gasteiger partial charge on any atom is 0.301 e. The Hall–Kier alpha value is -3.97. The first-order valence-corrected chi connectivity index (χ1v) is 12.0. The van der Waals surface area contributed by atoms with Gasteiger partial charge in [0.15, 0.2) is 5.82 Å². The van der Waals surface area contributed by atoms with Gasteiger partial charge < -0.3 is 10.6 Å². The van der Waals surface area contributed by atoms with Crippen molar-refractivity contribution in [3.05, 3.63) is 74.9 Å². The zero-order chi connectivity index (χ0) is 27.6. The topological polar surface area (TPSA) is 133 Å². The number of nitrogens with zero attached hydrogens (tertiary/aromatic N) is 7. The lowest BCUT2D eigenvalue weighted by Gasteiger charge is -2.16. The second kappa shape index (κ2) is 11.2. The average molecular weight is 564 g/mol. The molecule has 4 rings (SSSR count). The van der Waals surface area contributed by atoms with Crippen molar-refractivity contribution < 1.29 is 18.4 Å². The number of carbonyl (C=O) groups is 2. The Labute approximate surface area is 225 Å². The summed E-state index contributed by atoms with van der Waals surface area (Å²) in [5, 5.41) is 21.0. The molecular weight excluding hydrogens is 543 g/mol. The number of nitrogens with one attached hydrogen (secondary N) is 2. The van der Waals surface area contributed by atoms with Gasteiger partial charge in [0.1, 0.15) is 12.2 Å². The van der Waals surface area contributed by atoms with Gasteiger partial charge in [0.25, 0.3) is 11.8 Å². The molecule has 11 nitrogen and oxygen atoms in total. The lowest BCUT2D eigenvalue weighted by atomic mass is 10.1. The predicted octanol–water partition coefficient (Wildman–Crippen LogP) is 4.25. The molecule has 0 spiro atoms. The van der Waals surface area contributed by atoms with Gasteiger partial charge in [-0.1, -0.05) is 23.2 Å². The summed E-state index contributed by atoms with van der Waals surface area (Å²) in [6.07, 6.45) is -1.42. The first-order valence-electron chi connectivity index (χ1n) is 11.2. The molecule has 2 amide bonds. The molecule has 0 atom stereocenters. The quantitative estimate of drug-likeness (QED) is 0.327. The van der Waals surface area contributed by atoms with Gasteiger partial charge in [-0.2, -0.15) is 9.90 Å². The van der Waals surface area contributed by atoms with Gasteiger partial charge in [0.05, 0.1) is 22.0 Å². The molecule has 2 N–H and O–H groups in total. The van der Waals surface area contributed by atoms with Crippen LogP contribution in [0.5, 0.6) is 0 Å². The van der Waals surface area contributed by atoms with E-state index in [1.165, 1.54) is 23.0 Å². The van der Waals surface area contributed by atoms with Gasteiger partial charge in [-0.05, 0) is 61.9 Å². The zero-order valence-corrected chi connectivity index (χ0v) is 21.8. The lowest BCUT2D eigenvalue weighted by molar-refractivity contribution is 0.0944. The van der Waals surface area contributed by atoms with Crippen molar-refractivity contribution in [1.29, 1.82) is 0 Å². The van der Waals surface area contributed by atoms with E-state index in [0.29, 0.717) is 10.6 Å². The summed E-state index contributed by atoms with van der Waals surface area (Å²) < 4.78 is 26.9. The number of aryl methyl sites for hydroxylation is 1. The molecule has 38 heavy (non-hydrogen) atoms. The van der Waals surface area contributed by atoms with Crippen molar-refractivity contribution in [3.8, 4) is 5.82 Å². The van der Waals surface area contributed by atoms with Crippen LogP contribution in [0.3, 0.4) is 0 Å². The fourth-order valence-corrected chi connectivity index (χ4v) is 4.00. The van der Waals surface area contributed by atoms with Gasteiger partial charge in [0.2, 0.25) is 5.82 Å². The maximum absolute atomic E-state index is 13.6. The number of halogens is 4. The zero-order valence-electron chi connectivity index (χ0n) is 20.3. The van der Waals surface area contributed by atoms with Crippen molar-refractivity contribution in [2.24, 2.45) is 0 Å². The molecule has 0 aliphatic rings. The summed E-state index contributed by atoms with van der Waals surface area (Å²) in [6, 6.07) is 7.49. The smallest absolute Gasteiger partial charge is 0.301 e. The first kappa shape index (κ1) is 27.1. The number of alkyl halides is 2. The van der Waals surface area contributed by atoms with E-state index in [1.54, 1.807) is 39.0 Å². The van der Waals surface area contributed by atoms with Crippen LogP contribution in [0.1, 0.15) is 58.2 Å². The summed E-state index contributed by atoms with van der Waals surface area (Å²) in [5.41, 5.74) is 1.21. The minimum absolute atomic E-state index is 0.000587. The molecule has 1 aromatic carbocycles. The van der Waals surface area contributed by atoms with E-state index in [1.807, 2.05) is 0 Å². The summed E-state index contributed by atoms with van der Waals surface area (Å²) in [6.45, 7) is 5.14. The number of anilines is 1. The van der Waals surface area contributed by atoms with Crippen LogP contribution >= 0.6 is 23.2 Å². The van der Waals surface area contributed by atoms with Crippen LogP contribution in [-0.2, 0) is 6.54 Å². The van der Waals surface area contributed by atoms with Crippen LogP contribution < -0.4 is 10.6 Å². The number of hydrogen-bond acceptors (Lipinski definition) is 7. The Morgan fingerprint density at radius 2 is 1.87 bits per heavy atom. The second-order valence-electron chi connectivity index (χ2n) is 8.45. The molecule has 198 valence electrons. The third-order valence-electron chi connectivity index (χ3n) is 5.10. The fourth-order valence-electron chi connectivity index (χ4n) is 3.52. The number of rotatable bonds is 8. The molecule has 4 aromatic rings. The highest BCUT2D eigenvalue weighted by molar-refractivity contribution is 6.32. The molecule has 0 aliphatic carbocycles. The van der Waals surface area contributed by atoms with Gasteiger partial charge in [0, 0.05) is 17.3 Å². The monoisotopic (exact) mass is 563 g/mol. The van der Waals surface area contributed by atoms with Gasteiger partial charge in [-0.25, -0.2) is 18.4 Å². The third kappa shape index (κ3) is 5.94. The van der Waals surface area contributed by atoms with E-state index < -0.39 is 24.1 Å². The van der Waals surface area contributed by atoms with Crippen molar-refractivity contribution in [1.82, 2.24) is 40.3 Å². The van der Waals surface area contributed by atoms with Crippen molar-refractivity contribution in [3.63, 3.8) is 0 Å². The summed E-state index contributed by atoms with van der Waals surface area (Å²) in [5.74, 6) is -1.65. The number of aromatic nitrogens is 7. The van der Waals surface area contributed by atoms with Crippen LogP contribution in [0.4, 0.5) is 14.5 Å². The molecule has 0 radical (unpaired) electrons. The number of tetrazole rings is 1. The second-order valence-corrected chi connectivity index (χ2v) is 9.29. The van der Waals surface area contributed by atoms with Crippen LogP contribution in [0.2, 0.25) is 10.0 Å². The van der Waals surface area contributed by atoms with Crippen LogP contribution in [-0.4, -0.2) is 52.8 Å². The van der Waals surface area contributed by atoms with E-state index in [9.17, 15) is 18.4 Å². The van der Waals surface area contributed by atoms with Crippen molar-refractivity contribution >= 4 is 40.7 Å². The van der Waals surface area contributed by atoms with Crippen LogP contribution in [0, 0.1) is 6.92 Å². The van der Waals surface area contributed by atoms with Gasteiger partial charge in [-0.3, -0.25) is 9.59 Å². The predicted molar refractivity (Wildman–Crippen MR) is 135 cm³/mol. The third-order valence-corrected chi connectivity index (χ3v) is 5.62. The number of hydrogen-bond donors (Lipinski definition) is 2. The molecular formula is C23H21Cl2F2N9O2. The van der Waals surface area contributed by atoms with Gasteiger partial charge in [-0.15, -0.1) is 10.2 Å². The standard InChI is InChI=1S/C23H21Cl2F2N9O2/c1-11(2)29-22(37)15-8-13(24)7-12(3)18(15)30-23(38)17-9-14(10-35-33-20(19(26)27)31-34-35)32-36(17)21-16(25)5-4-6-28-21/h4-9,11,19H,10H2,1-3H3,(H,29,37)(H,30,38). The van der Waals surface area contributed by atoms with E-state index in [0.717, 1.165) is 4.80 Å². The minimum Gasteiger partial charge on any atom is -0.350 e. The summed E-state index contributed by atoms with van der Waals surface area (Å²) >= 11 is 12.5. The number of amides is 2. The Bertz CT molecular complexity index is 1500. The number of carbonyl (C=O) groups excluding carboxylic acids is 2. The Kier molecular flexibility index (Phi) is 7.97. The highest BCUT2D eigenvalue weighted by Gasteiger charge is 2.24. The normalized spacial score (nSPS) is 11.3. The molecule has 0 aliphatic heterocycles. The van der Waals surface area contributed by atoms with Crippen LogP contribution in [0.15, 0.2) is 36.5 Å². The van der Waals surface area contributed by atoms with Crippen molar-refractivity contribution in [2.75, 3.05) is 5.32 Å². The molecule has 3 heterocycles. The molecule has 0 unspecified atom stereocenters. The number of benzene rings is 1. The Morgan fingerprint density at radius 3 is 2.53 bits per heavy atom. The van der Waals surface area contributed by atoms with Crippen LogP contribution in [0.25, 0.3) is 5.82 Å². The molecule has 3 aromatic heterocycles. The Morgan fingerprint density at radius 1 is 1.11 bits per heavy atom. The Balaban J connectivity index is 1.74. The van der Waals surface area contributed by atoms with E-state index >= 15 is 0 Å². The van der Waals surface area contributed by atoms with E-state index in [4.69, 9.17) is 23.2 Å². The molecule has 0 bridgehead atoms. The highest BCUT2D eigenvalue weighted by Crippen LogP contribution is 2.27.